The molecule has 0 aromatic heterocycles. The van der Waals surface area contributed by atoms with E-state index in [1.807, 2.05) is 42.5 Å². The van der Waals surface area contributed by atoms with Gasteiger partial charge in [0.15, 0.2) is 19.8 Å². The molecular weight excluding hydrogens is 499 g/mol. The van der Waals surface area contributed by atoms with Gasteiger partial charge >= 0.3 is 0 Å². The molecule has 0 aliphatic rings. The second-order valence-corrected chi connectivity index (χ2v) is 11.5. The fraction of sp³-hybridized carbons (Fsp3) is 0.0385. The van der Waals surface area contributed by atoms with Crippen LogP contribution in [0.2, 0.25) is 15.1 Å². The van der Waals surface area contributed by atoms with E-state index < -0.39 is 0 Å². The average molecular weight is 517 g/mol. The molecule has 0 saturated heterocycles. The van der Waals surface area contributed by atoms with Gasteiger partial charge in [0, 0.05) is 32.5 Å². The fourth-order valence-corrected chi connectivity index (χ4v) is 6.57. The summed E-state index contributed by atoms with van der Waals surface area (Å²) in [6.07, 6.45) is 0. The first-order valence-electron chi connectivity index (χ1n) is 9.74. The SMILES string of the molecule is CC(=O)Sc1ccc(-c2ccc([S+](c3ccc(Cl)cc3)c3ccc(Cl)cc3)cc2)c(Cl)c1. The second kappa shape index (κ2) is 10.4. The topological polar surface area (TPSA) is 17.1 Å². The molecule has 0 heterocycles. The maximum absolute atomic E-state index is 11.4. The summed E-state index contributed by atoms with van der Waals surface area (Å²) in [5, 5.41) is 2.09. The van der Waals surface area contributed by atoms with Crippen molar-refractivity contribution >= 4 is 62.6 Å². The lowest BCUT2D eigenvalue weighted by atomic mass is 10.1. The summed E-state index contributed by atoms with van der Waals surface area (Å²) in [4.78, 5) is 15.7. The van der Waals surface area contributed by atoms with Crippen molar-refractivity contribution in [1.82, 2.24) is 0 Å². The molecule has 0 N–H and O–H groups in total. The predicted octanol–water partition coefficient (Wildman–Crippen LogP) is 9.05. The van der Waals surface area contributed by atoms with E-state index in [0.717, 1.165) is 16.0 Å². The van der Waals surface area contributed by atoms with Crippen LogP contribution in [0.4, 0.5) is 0 Å². The van der Waals surface area contributed by atoms with Crippen molar-refractivity contribution in [1.29, 1.82) is 0 Å². The zero-order valence-electron chi connectivity index (χ0n) is 17.0. The molecule has 4 aromatic carbocycles. The molecule has 4 aromatic rings. The minimum atomic E-state index is -0.303. The molecule has 160 valence electrons. The number of halogens is 3. The van der Waals surface area contributed by atoms with E-state index in [-0.39, 0.29) is 16.0 Å². The summed E-state index contributed by atoms with van der Waals surface area (Å²) in [6, 6.07) is 30.1. The highest BCUT2D eigenvalue weighted by molar-refractivity contribution is 8.13. The highest BCUT2D eigenvalue weighted by Crippen LogP contribution is 2.36. The van der Waals surface area contributed by atoms with Crippen LogP contribution in [-0.2, 0) is 15.7 Å². The average Bonchev–Trinajstić information content (AvgIpc) is 2.77. The van der Waals surface area contributed by atoms with Gasteiger partial charge in [0.1, 0.15) is 0 Å². The quantitative estimate of drug-likeness (QED) is 0.194. The Balaban J connectivity index is 1.70. The van der Waals surface area contributed by atoms with Crippen molar-refractivity contribution in [2.45, 2.75) is 26.5 Å². The highest BCUT2D eigenvalue weighted by atomic mass is 35.5. The minimum Gasteiger partial charge on any atom is -0.287 e. The molecular formula is C26H18Cl3OS2+. The lowest BCUT2D eigenvalue weighted by Crippen LogP contribution is -2.04. The van der Waals surface area contributed by atoms with E-state index in [2.05, 4.69) is 48.5 Å². The normalized spacial score (nSPS) is 11.0. The lowest BCUT2D eigenvalue weighted by Gasteiger charge is -2.10. The van der Waals surface area contributed by atoms with Gasteiger partial charge in [-0.2, -0.15) is 0 Å². The van der Waals surface area contributed by atoms with Crippen LogP contribution in [0.5, 0.6) is 0 Å². The molecule has 4 rings (SSSR count). The lowest BCUT2D eigenvalue weighted by molar-refractivity contribution is -0.109. The van der Waals surface area contributed by atoms with Crippen LogP contribution >= 0.6 is 46.6 Å². The number of carbonyl (C=O) groups is 1. The van der Waals surface area contributed by atoms with Crippen molar-refractivity contribution in [3.8, 4) is 11.1 Å². The molecule has 0 radical (unpaired) electrons. The van der Waals surface area contributed by atoms with Crippen molar-refractivity contribution in [2.75, 3.05) is 0 Å². The summed E-state index contributed by atoms with van der Waals surface area (Å²) in [5.74, 6) is 0. The van der Waals surface area contributed by atoms with Crippen LogP contribution in [0.25, 0.3) is 11.1 Å². The molecule has 0 aliphatic heterocycles. The minimum absolute atomic E-state index is 0.0367. The number of benzene rings is 4. The Morgan fingerprint density at radius 2 is 1.16 bits per heavy atom. The molecule has 6 heteroatoms. The highest BCUT2D eigenvalue weighted by Gasteiger charge is 2.28. The first-order chi connectivity index (χ1) is 15.4. The molecule has 0 fully saturated rings. The Kier molecular flexibility index (Phi) is 7.55. The van der Waals surface area contributed by atoms with Crippen LogP contribution in [0.1, 0.15) is 6.92 Å². The number of rotatable bonds is 5. The van der Waals surface area contributed by atoms with Crippen molar-refractivity contribution in [2.24, 2.45) is 0 Å². The molecule has 1 nitrogen and oxygen atoms in total. The van der Waals surface area contributed by atoms with E-state index in [1.54, 1.807) is 6.92 Å². The molecule has 0 atom stereocenters. The molecule has 32 heavy (non-hydrogen) atoms. The second-order valence-electron chi connectivity index (χ2n) is 6.97. The molecule has 0 amide bonds. The number of carbonyl (C=O) groups excluding carboxylic acids is 1. The Morgan fingerprint density at radius 3 is 1.59 bits per heavy atom. The van der Waals surface area contributed by atoms with E-state index in [4.69, 9.17) is 34.8 Å². The maximum atomic E-state index is 11.4. The molecule has 0 saturated carbocycles. The van der Waals surface area contributed by atoms with Crippen molar-refractivity contribution in [3.05, 3.63) is 106 Å². The van der Waals surface area contributed by atoms with Gasteiger partial charge in [-0.25, -0.2) is 0 Å². The van der Waals surface area contributed by atoms with Crippen LogP contribution in [0.15, 0.2) is 111 Å². The third-order valence-corrected chi connectivity index (χ3v) is 8.53. The summed E-state index contributed by atoms with van der Waals surface area (Å²) < 4.78 is 0. The largest absolute Gasteiger partial charge is 0.287 e. The smallest absolute Gasteiger partial charge is 0.190 e. The van der Waals surface area contributed by atoms with E-state index >= 15 is 0 Å². The van der Waals surface area contributed by atoms with Crippen LogP contribution in [-0.4, -0.2) is 5.12 Å². The predicted molar refractivity (Wildman–Crippen MR) is 138 cm³/mol. The first-order valence-corrected chi connectivity index (χ1v) is 12.9. The van der Waals surface area contributed by atoms with Gasteiger partial charge in [0.2, 0.25) is 0 Å². The zero-order valence-corrected chi connectivity index (χ0v) is 20.9. The summed E-state index contributed by atoms with van der Waals surface area (Å²) in [7, 11) is -0.303. The number of hydrogen-bond donors (Lipinski definition) is 0. The van der Waals surface area contributed by atoms with Gasteiger partial charge in [-0.15, -0.1) is 0 Å². The Morgan fingerprint density at radius 1 is 0.688 bits per heavy atom. The van der Waals surface area contributed by atoms with Crippen molar-refractivity contribution in [3.63, 3.8) is 0 Å². The number of hydrogen-bond acceptors (Lipinski definition) is 2. The van der Waals surface area contributed by atoms with E-state index in [0.29, 0.717) is 15.1 Å². The van der Waals surface area contributed by atoms with Crippen molar-refractivity contribution < 1.29 is 4.79 Å². The van der Waals surface area contributed by atoms with E-state index in [1.165, 1.54) is 26.4 Å². The summed E-state index contributed by atoms with van der Waals surface area (Å²) in [6.45, 7) is 1.55. The fourth-order valence-electron chi connectivity index (χ4n) is 3.28. The third-order valence-electron chi connectivity index (χ3n) is 4.70. The standard InChI is InChI=1S/C26H18Cl3OS2/c1-17(30)31-21-8-15-25(26(29)16-21)18-2-9-22(10-3-18)32(23-11-4-19(27)5-12-23)24-13-6-20(28)7-14-24/h2-16H,1H3/q+1. The zero-order chi connectivity index (χ0) is 22.7. The van der Waals surface area contributed by atoms with Gasteiger partial charge in [0.25, 0.3) is 0 Å². The Hall–Kier alpha value is -1.88. The first kappa shape index (κ1) is 23.3. The van der Waals surface area contributed by atoms with Crippen LogP contribution in [0, 0.1) is 0 Å². The van der Waals surface area contributed by atoms with Gasteiger partial charge in [-0.3, -0.25) is 4.79 Å². The molecule has 0 spiro atoms. The van der Waals surface area contributed by atoms with Gasteiger partial charge in [0.05, 0.1) is 10.9 Å². The summed E-state index contributed by atoms with van der Waals surface area (Å²) >= 11 is 20.0. The monoisotopic (exact) mass is 515 g/mol. The molecule has 0 bridgehead atoms. The van der Waals surface area contributed by atoms with Crippen LogP contribution in [0.3, 0.4) is 0 Å². The summed E-state index contributed by atoms with van der Waals surface area (Å²) in [5.41, 5.74) is 1.96. The molecule has 0 unspecified atom stereocenters. The maximum Gasteiger partial charge on any atom is 0.190 e. The number of thioether (sulfide) groups is 1. The van der Waals surface area contributed by atoms with Gasteiger partial charge < -0.3 is 0 Å². The van der Waals surface area contributed by atoms with E-state index in [9.17, 15) is 4.79 Å². The third kappa shape index (κ3) is 5.54. The molecule has 0 aliphatic carbocycles. The van der Waals surface area contributed by atoms with Gasteiger partial charge in [-0.1, -0.05) is 52.6 Å². The van der Waals surface area contributed by atoms with Gasteiger partial charge in [-0.05, 0) is 90.5 Å². The Bertz CT molecular complexity index is 1190. The van der Waals surface area contributed by atoms with Crippen LogP contribution < -0.4 is 0 Å². The Labute approximate surface area is 210 Å².